The molecule has 0 unspecified atom stereocenters. The molecule has 0 aliphatic carbocycles. The summed E-state index contributed by atoms with van der Waals surface area (Å²) in [7, 11) is 1.76. The first kappa shape index (κ1) is 22.7. The summed E-state index contributed by atoms with van der Waals surface area (Å²) < 4.78 is 0. The van der Waals surface area contributed by atoms with Gasteiger partial charge >= 0.3 is 0 Å². The van der Waals surface area contributed by atoms with Gasteiger partial charge in [0.05, 0.1) is 0 Å². The molecule has 1 aromatic carbocycles. The number of nitrogens with zero attached hydrogens (tertiary/aromatic N) is 2. The minimum Gasteiger partial charge on any atom is -0.356 e. The van der Waals surface area contributed by atoms with Crippen molar-refractivity contribution in [2.45, 2.75) is 39.3 Å². The van der Waals surface area contributed by atoms with Crippen molar-refractivity contribution in [2.75, 3.05) is 20.1 Å². The van der Waals surface area contributed by atoms with Crippen molar-refractivity contribution in [3.63, 3.8) is 0 Å². The Labute approximate surface area is 188 Å². The zero-order valence-electron chi connectivity index (χ0n) is 16.5. The van der Waals surface area contributed by atoms with Crippen molar-refractivity contribution in [3.8, 4) is 0 Å². The summed E-state index contributed by atoms with van der Waals surface area (Å²) in [6.45, 7) is 5.05. The molecule has 28 heavy (non-hydrogen) atoms. The van der Waals surface area contributed by atoms with Crippen LogP contribution in [0.4, 0.5) is 0 Å². The summed E-state index contributed by atoms with van der Waals surface area (Å²) in [5.41, 5.74) is 3.92. The summed E-state index contributed by atoms with van der Waals surface area (Å²) in [4.78, 5) is 20.1. The lowest BCUT2D eigenvalue weighted by molar-refractivity contribution is -0.131. The molecule has 152 valence electrons. The number of amides is 1. The highest BCUT2D eigenvalue weighted by Crippen LogP contribution is 2.24. The second-order valence-corrected chi connectivity index (χ2v) is 7.66. The standard InChI is InChI=1S/C21H28N4OS.HI/c1-3-16-6-4-5-7-17(16)14-24-21(22-2)23-11-8-20(26)25-12-9-19-18(15-25)10-13-27-19;/h4-7,10,13H,3,8-9,11-12,14-15H2,1-2H3,(H2,22,23,24);1H. The number of guanidine groups is 1. The summed E-state index contributed by atoms with van der Waals surface area (Å²) >= 11 is 1.80. The number of thiophene rings is 1. The SMILES string of the molecule is CCc1ccccc1CNC(=NC)NCCC(=O)N1CCc2sccc2C1.I. The molecular weight excluding hydrogens is 483 g/mol. The van der Waals surface area contributed by atoms with Crippen LogP contribution in [-0.2, 0) is 30.7 Å². The predicted octanol–water partition coefficient (Wildman–Crippen LogP) is 3.57. The van der Waals surface area contributed by atoms with Crippen molar-refractivity contribution < 1.29 is 4.79 Å². The van der Waals surface area contributed by atoms with Gasteiger partial charge in [-0.05, 0) is 41.0 Å². The number of nitrogens with one attached hydrogen (secondary N) is 2. The fourth-order valence-corrected chi connectivity index (χ4v) is 4.27. The number of carbonyl (C=O) groups excluding carboxylic acids is 1. The van der Waals surface area contributed by atoms with Crippen molar-refractivity contribution in [1.82, 2.24) is 15.5 Å². The molecule has 1 amide bonds. The Bertz CT molecular complexity index is 805. The molecule has 2 aromatic rings. The number of aliphatic imine (C=N–C) groups is 1. The van der Waals surface area contributed by atoms with Crippen molar-refractivity contribution in [2.24, 2.45) is 4.99 Å². The maximum absolute atomic E-state index is 12.5. The Morgan fingerprint density at radius 1 is 1.21 bits per heavy atom. The Kier molecular flexibility index (Phi) is 9.24. The largest absolute Gasteiger partial charge is 0.356 e. The third kappa shape index (κ3) is 5.94. The van der Waals surface area contributed by atoms with Crippen LogP contribution in [0.2, 0.25) is 0 Å². The van der Waals surface area contributed by atoms with E-state index in [9.17, 15) is 4.79 Å². The lowest BCUT2D eigenvalue weighted by atomic mass is 10.1. The van der Waals surface area contributed by atoms with E-state index in [-0.39, 0.29) is 29.9 Å². The minimum absolute atomic E-state index is 0. The number of benzene rings is 1. The molecule has 5 nitrogen and oxygen atoms in total. The van der Waals surface area contributed by atoms with Crippen molar-refractivity contribution in [3.05, 3.63) is 57.3 Å². The maximum Gasteiger partial charge on any atom is 0.224 e. The van der Waals surface area contributed by atoms with Gasteiger partial charge in [-0.3, -0.25) is 9.79 Å². The molecule has 1 aliphatic heterocycles. The van der Waals surface area contributed by atoms with Gasteiger partial charge in [-0.15, -0.1) is 35.3 Å². The zero-order valence-corrected chi connectivity index (χ0v) is 19.7. The molecule has 3 rings (SSSR count). The third-order valence-electron chi connectivity index (χ3n) is 4.96. The van der Waals surface area contributed by atoms with E-state index in [1.54, 1.807) is 18.4 Å². The molecule has 0 spiro atoms. The summed E-state index contributed by atoms with van der Waals surface area (Å²) in [6, 6.07) is 10.6. The molecular formula is C21H29IN4OS. The summed E-state index contributed by atoms with van der Waals surface area (Å²) in [5, 5.41) is 8.71. The smallest absolute Gasteiger partial charge is 0.224 e. The van der Waals surface area contributed by atoms with E-state index in [0.717, 1.165) is 38.4 Å². The summed E-state index contributed by atoms with van der Waals surface area (Å²) in [6.07, 6.45) is 2.47. The van der Waals surface area contributed by atoms with Gasteiger partial charge in [0.1, 0.15) is 0 Å². The normalized spacial score (nSPS) is 13.5. The second-order valence-electron chi connectivity index (χ2n) is 6.66. The first-order valence-electron chi connectivity index (χ1n) is 9.55. The van der Waals surface area contributed by atoms with Gasteiger partial charge in [-0.1, -0.05) is 31.2 Å². The first-order chi connectivity index (χ1) is 13.2. The van der Waals surface area contributed by atoms with Gasteiger partial charge in [0.15, 0.2) is 5.96 Å². The van der Waals surface area contributed by atoms with E-state index in [4.69, 9.17) is 0 Å². The molecule has 0 radical (unpaired) electrons. The molecule has 0 fully saturated rings. The van der Waals surface area contributed by atoms with Crippen LogP contribution in [0.5, 0.6) is 0 Å². The average Bonchev–Trinajstić information content (AvgIpc) is 3.18. The Hall–Kier alpha value is -1.61. The molecule has 1 aliphatic rings. The molecule has 0 saturated heterocycles. The summed E-state index contributed by atoms with van der Waals surface area (Å²) in [5.74, 6) is 0.929. The highest BCUT2D eigenvalue weighted by atomic mass is 127. The van der Waals surface area contributed by atoms with Gasteiger partial charge < -0.3 is 15.5 Å². The number of rotatable bonds is 6. The monoisotopic (exact) mass is 512 g/mol. The van der Waals surface area contributed by atoms with Crippen LogP contribution in [0.3, 0.4) is 0 Å². The number of carbonyl (C=O) groups is 1. The molecule has 7 heteroatoms. The van der Waals surface area contributed by atoms with Crippen LogP contribution in [0.1, 0.15) is 34.9 Å². The van der Waals surface area contributed by atoms with Gasteiger partial charge in [-0.25, -0.2) is 0 Å². The third-order valence-corrected chi connectivity index (χ3v) is 5.98. The topological polar surface area (TPSA) is 56.7 Å². The van der Waals surface area contributed by atoms with E-state index in [0.29, 0.717) is 13.0 Å². The molecule has 0 saturated carbocycles. The fraction of sp³-hybridized carbons (Fsp3) is 0.429. The van der Waals surface area contributed by atoms with E-state index < -0.39 is 0 Å². The minimum atomic E-state index is 0. The quantitative estimate of drug-likeness (QED) is 0.354. The van der Waals surface area contributed by atoms with Gasteiger partial charge in [0, 0.05) is 44.5 Å². The van der Waals surface area contributed by atoms with Crippen molar-refractivity contribution in [1.29, 1.82) is 0 Å². The molecule has 2 N–H and O–H groups in total. The fourth-order valence-electron chi connectivity index (χ4n) is 3.38. The van der Waals surface area contributed by atoms with Crippen LogP contribution in [0, 0.1) is 0 Å². The highest BCUT2D eigenvalue weighted by molar-refractivity contribution is 14.0. The van der Waals surface area contributed by atoms with E-state index in [1.807, 2.05) is 4.90 Å². The molecule has 0 bridgehead atoms. The molecule has 1 aromatic heterocycles. The molecule has 2 heterocycles. The second kappa shape index (κ2) is 11.4. The number of halogens is 1. The number of fused-ring (bicyclic) bond motifs is 1. The Morgan fingerprint density at radius 3 is 2.75 bits per heavy atom. The van der Waals surface area contributed by atoms with Crippen molar-refractivity contribution >= 4 is 47.2 Å². The van der Waals surface area contributed by atoms with Crippen LogP contribution in [0.25, 0.3) is 0 Å². The zero-order chi connectivity index (χ0) is 19.1. The van der Waals surface area contributed by atoms with Gasteiger partial charge in [-0.2, -0.15) is 0 Å². The average molecular weight is 512 g/mol. The van der Waals surface area contributed by atoms with Gasteiger partial charge in [0.25, 0.3) is 0 Å². The number of hydrogen-bond donors (Lipinski definition) is 2. The molecule has 0 atom stereocenters. The van der Waals surface area contributed by atoms with Gasteiger partial charge in [0.2, 0.25) is 5.91 Å². The van der Waals surface area contributed by atoms with E-state index in [1.165, 1.54) is 21.6 Å². The van der Waals surface area contributed by atoms with Crippen LogP contribution in [-0.4, -0.2) is 36.9 Å². The first-order valence-corrected chi connectivity index (χ1v) is 10.4. The number of aryl methyl sites for hydroxylation is 1. The predicted molar refractivity (Wildman–Crippen MR) is 127 cm³/mol. The Morgan fingerprint density at radius 2 is 2.00 bits per heavy atom. The van der Waals surface area contributed by atoms with E-state index in [2.05, 4.69) is 58.3 Å². The maximum atomic E-state index is 12.5. The van der Waals surface area contributed by atoms with Crippen LogP contribution < -0.4 is 10.6 Å². The lowest BCUT2D eigenvalue weighted by Gasteiger charge is -2.27. The van der Waals surface area contributed by atoms with Crippen LogP contribution >= 0.6 is 35.3 Å². The van der Waals surface area contributed by atoms with Crippen LogP contribution in [0.15, 0.2) is 40.7 Å². The van der Waals surface area contributed by atoms with E-state index >= 15 is 0 Å². The highest BCUT2D eigenvalue weighted by Gasteiger charge is 2.20. The lowest BCUT2D eigenvalue weighted by Crippen LogP contribution is -2.40. The Balaban J connectivity index is 0.00000280. The number of hydrogen-bond acceptors (Lipinski definition) is 3.